The van der Waals surface area contributed by atoms with E-state index in [4.69, 9.17) is 10.4 Å². The normalized spacial score (nSPS) is 10.0. The highest BCUT2D eigenvalue weighted by Crippen LogP contribution is 2.15. The van der Waals surface area contributed by atoms with E-state index in [0.717, 1.165) is 17.3 Å². The average Bonchev–Trinajstić information content (AvgIpc) is 2.26. The SMILES string of the molecule is Cc1ccc(C#N)cc1NC/C=C/C(=O)O. The predicted octanol–water partition coefficient (Wildman–Crippen LogP) is 1.92. The number of carbonyl (C=O) groups is 1. The molecule has 0 fully saturated rings. The van der Waals surface area contributed by atoms with Gasteiger partial charge in [-0.1, -0.05) is 12.1 Å². The van der Waals surface area contributed by atoms with Gasteiger partial charge in [0.1, 0.15) is 0 Å². The van der Waals surface area contributed by atoms with Gasteiger partial charge in [-0.05, 0) is 24.6 Å². The van der Waals surface area contributed by atoms with Crippen molar-refractivity contribution < 1.29 is 9.90 Å². The minimum atomic E-state index is -0.968. The summed E-state index contributed by atoms with van der Waals surface area (Å²) in [6.45, 7) is 2.34. The summed E-state index contributed by atoms with van der Waals surface area (Å²) in [5, 5.41) is 20.2. The largest absolute Gasteiger partial charge is 0.478 e. The van der Waals surface area contributed by atoms with Crippen LogP contribution >= 0.6 is 0 Å². The van der Waals surface area contributed by atoms with E-state index in [2.05, 4.69) is 11.4 Å². The quantitative estimate of drug-likeness (QED) is 0.754. The molecule has 0 aliphatic heterocycles. The maximum atomic E-state index is 10.2. The molecule has 0 amide bonds. The number of carboxylic acid groups (broad SMARTS) is 1. The third-order valence-corrected chi connectivity index (χ3v) is 2.04. The lowest BCUT2D eigenvalue weighted by atomic mass is 10.1. The van der Waals surface area contributed by atoms with Gasteiger partial charge in [0.2, 0.25) is 0 Å². The Kier molecular flexibility index (Phi) is 4.10. The Morgan fingerprint density at radius 2 is 2.38 bits per heavy atom. The van der Waals surface area contributed by atoms with Gasteiger partial charge >= 0.3 is 5.97 Å². The second-order valence-electron chi connectivity index (χ2n) is 3.26. The zero-order valence-electron chi connectivity index (χ0n) is 8.90. The number of rotatable bonds is 4. The van der Waals surface area contributed by atoms with Gasteiger partial charge < -0.3 is 10.4 Å². The van der Waals surface area contributed by atoms with Crippen LogP contribution in [0.2, 0.25) is 0 Å². The fourth-order valence-electron chi connectivity index (χ4n) is 1.21. The Morgan fingerprint density at radius 1 is 1.62 bits per heavy atom. The van der Waals surface area contributed by atoms with Crippen LogP contribution in [0.3, 0.4) is 0 Å². The number of carboxylic acids is 1. The average molecular weight is 216 g/mol. The van der Waals surface area contributed by atoms with Gasteiger partial charge in [-0.25, -0.2) is 4.79 Å². The first-order valence-corrected chi connectivity index (χ1v) is 4.77. The highest BCUT2D eigenvalue weighted by molar-refractivity contribution is 5.79. The maximum Gasteiger partial charge on any atom is 0.328 e. The summed E-state index contributed by atoms with van der Waals surface area (Å²) in [5.74, 6) is -0.968. The molecular formula is C12H12N2O2. The molecule has 0 aliphatic rings. The van der Waals surface area contributed by atoms with Gasteiger partial charge in [-0.3, -0.25) is 0 Å². The Labute approximate surface area is 93.8 Å². The van der Waals surface area contributed by atoms with Gasteiger partial charge in [0.25, 0.3) is 0 Å². The van der Waals surface area contributed by atoms with Crippen molar-refractivity contribution >= 4 is 11.7 Å². The monoisotopic (exact) mass is 216 g/mol. The number of aryl methyl sites for hydroxylation is 1. The van der Waals surface area contributed by atoms with Crippen LogP contribution in [0.25, 0.3) is 0 Å². The number of nitrogens with one attached hydrogen (secondary N) is 1. The summed E-state index contributed by atoms with van der Waals surface area (Å²) in [6, 6.07) is 7.38. The number of aliphatic carboxylic acids is 1. The van der Waals surface area contributed by atoms with E-state index < -0.39 is 5.97 Å². The predicted molar refractivity (Wildman–Crippen MR) is 61.2 cm³/mol. The number of nitriles is 1. The Balaban J connectivity index is 2.67. The topological polar surface area (TPSA) is 73.1 Å². The van der Waals surface area contributed by atoms with Gasteiger partial charge in [0, 0.05) is 18.3 Å². The van der Waals surface area contributed by atoms with Gasteiger partial charge in [0.05, 0.1) is 11.6 Å². The van der Waals surface area contributed by atoms with Crippen molar-refractivity contribution in [2.24, 2.45) is 0 Å². The molecule has 1 rings (SSSR count). The van der Waals surface area contributed by atoms with Crippen molar-refractivity contribution in [2.75, 3.05) is 11.9 Å². The first-order chi connectivity index (χ1) is 7.63. The lowest BCUT2D eigenvalue weighted by Gasteiger charge is -2.07. The molecule has 0 spiro atoms. The van der Waals surface area contributed by atoms with Crippen LogP contribution in [0.1, 0.15) is 11.1 Å². The molecule has 16 heavy (non-hydrogen) atoms. The molecule has 0 atom stereocenters. The van der Waals surface area contributed by atoms with Crippen molar-refractivity contribution in [3.63, 3.8) is 0 Å². The van der Waals surface area contributed by atoms with Crippen LogP contribution in [0.5, 0.6) is 0 Å². The van der Waals surface area contributed by atoms with Crippen molar-refractivity contribution in [1.29, 1.82) is 5.26 Å². The highest BCUT2D eigenvalue weighted by Gasteiger charge is 1.98. The molecule has 1 aromatic carbocycles. The zero-order valence-corrected chi connectivity index (χ0v) is 8.90. The summed E-state index contributed by atoms with van der Waals surface area (Å²) in [5.41, 5.74) is 2.44. The molecule has 1 aromatic rings. The van der Waals surface area contributed by atoms with Crippen LogP contribution in [-0.2, 0) is 4.79 Å². The molecule has 0 unspecified atom stereocenters. The van der Waals surface area contributed by atoms with Crippen LogP contribution in [0.15, 0.2) is 30.4 Å². The lowest BCUT2D eigenvalue weighted by molar-refractivity contribution is -0.131. The standard InChI is InChI=1S/C12H12N2O2/c1-9-4-5-10(8-13)7-11(9)14-6-2-3-12(15)16/h2-5,7,14H,6H2,1H3,(H,15,16)/b3-2+. The Hall–Kier alpha value is -2.28. The van der Waals surface area contributed by atoms with Gasteiger partial charge in [-0.2, -0.15) is 5.26 Å². The Bertz CT molecular complexity index is 459. The molecule has 2 N–H and O–H groups in total. The van der Waals surface area contributed by atoms with E-state index >= 15 is 0 Å². The number of hydrogen-bond acceptors (Lipinski definition) is 3. The van der Waals surface area contributed by atoms with E-state index in [9.17, 15) is 4.79 Å². The van der Waals surface area contributed by atoms with Crippen LogP contribution in [-0.4, -0.2) is 17.6 Å². The minimum absolute atomic E-state index is 0.419. The number of hydrogen-bond donors (Lipinski definition) is 2. The molecule has 0 bridgehead atoms. The van der Waals surface area contributed by atoms with Gasteiger partial charge in [0.15, 0.2) is 0 Å². The smallest absolute Gasteiger partial charge is 0.328 e. The number of benzene rings is 1. The van der Waals surface area contributed by atoms with Crippen molar-refractivity contribution in [3.8, 4) is 6.07 Å². The molecule has 82 valence electrons. The van der Waals surface area contributed by atoms with Crippen molar-refractivity contribution in [3.05, 3.63) is 41.5 Å². The second-order valence-corrected chi connectivity index (χ2v) is 3.26. The molecule has 0 heterocycles. The zero-order chi connectivity index (χ0) is 12.0. The molecule has 0 saturated carbocycles. The third-order valence-electron chi connectivity index (χ3n) is 2.04. The maximum absolute atomic E-state index is 10.2. The minimum Gasteiger partial charge on any atom is -0.478 e. The fourth-order valence-corrected chi connectivity index (χ4v) is 1.21. The summed E-state index contributed by atoms with van der Waals surface area (Å²) < 4.78 is 0. The molecule has 0 saturated heterocycles. The first-order valence-electron chi connectivity index (χ1n) is 4.77. The molecule has 4 heteroatoms. The molecule has 0 aromatic heterocycles. The van der Waals surface area contributed by atoms with Gasteiger partial charge in [-0.15, -0.1) is 0 Å². The molecule has 4 nitrogen and oxygen atoms in total. The molecule has 0 aliphatic carbocycles. The van der Waals surface area contributed by atoms with E-state index in [1.165, 1.54) is 6.08 Å². The third kappa shape index (κ3) is 3.46. The second kappa shape index (κ2) is 5.56. The lowest BCUT2D eigenvalue weighted by Crippen LogP contribution is -2.01. The van der Waals surface area contributed by atoms with E-state index in [1.54, 1.807) is 12.1 Å². The Morgan fingerprint density at radius 3 is 3.00 bits per heavy atom. The van der Waals surface area contributed by atoms with Crippen molar-refractivity contribution in [2.45, 2.75) is 6.92 Å². The molecule has 0 radical (unpaired) electrons. The van der Waals surface area contributed by atoms with E-state index in [1.807, 2.05) is 13.0 Å². The van der Waals surface area contributed by atoms with E-state index in [-0.39, 0.29) is 0 Å². The fraction of sp³-hybridized carbons (Fsp3) is 0.167. The van der Waals surface area contributed by atoms with E-state index in [0.29, 0.717) is 12.1 Å². The van der Waals surface area contributed by atoms with Crippen LogP contribution in [0, 0.1) is 18.3 Å². The van der Waals surface area contributed by atoms with Crippen LogP contribution in [0.4, 0.5) is 5.69 Å². The summed E-state index contributed by atoms with van der Waals surface area (Å²) in [4.78, 5) is 10.2. The van der Waals surface area contributed by atoms with Crippen molar-refractivity contribution in [1.82, 2.24) is 0 Å². The summed E-state index contributed by atoms with van der Waals surface area (Å²) in [7, 11) is 0. The summed E-state index contributed by atoms with van der Waals surface area (Å²) in [6.07, 6.45) is 2.59. The summed E-state index contributed by atoms with van der Waals surface area (Å²) >= 11 is 0. The number of anilines is 1. The molecular weight excluding hydrogens is 204 g/mol. The number of nitrogens with zero attached hydrogens (tertiary/aromatic N) is 1. The highest BCUT2D eigenvalue weighted by atomic mass is 16.4. The van der Waals surface area contributed by atoms with Crippen LogP contribution < -0.4 is 5.32 Å². The first kappa shape index (κ1) is 11.8.